The Morgan fingerprint density at radius 3 is 2.57 bits per heavy atom. The highest BCUT2D eigenvalue weighted by Crippen LogP contribution is 2.30. The molecule has 1 aromatic carbocycles. The van der Waals surface area contributed by atoms with Crippen LogP contribution >= 0.6 is 0 Å². The minimum Gasteiger partial charge on any atom is -0.493 e. The normalized spacial score (nSPS) is 11.1. The van der Waals surface area contributed by atoms with Crippen LogP contribution in [0.4, 0.5) is 13.2 Å². The molecule has 2 rings (SSSR count). The van der Waals surface area contributed by atoms with Crippen molar-refractivity contribution in [1.29, 1.82) is 0 Å². The molecule has 0 aliphatic heterocycles. The van der Waals surface area contributed by atoms with Crippen LogP contribution in [0, 0.1) is 0 Å². The lowest BCUT2D eigenvalue weighted by molar-refractivity contribution is -0.137. The van der Waals surface area contributed by atoms with Crippen molar-refractivity contribution in [3.8, 4) is 11.4 Å². The van der Waals surface area contributed by atoms with Crippen molar-refractivity contribution in [3.05, 3.63) is 53.9 Å². The number of rotatable bonds is 8. The maximum Gasteiger partial charge on any atom is 0.416 e. The van der Waals surface area contributed by atoms with Crippen molar-refractivity contribution in [2.45, 2.75) is 20.0 Å². The Morgan fingerprint density at radius 1 is 1.30 bits per heavy atom. The first kappa shape index (κ1) is 23.0. The molecule has 0 bridgehead atoms. The van der Waals surface area contributed by atoms with Gasteiger partial charge in [-0.15, -0.1) is 0 Å². The van der Waals surface area contributed by atoms with E-state index >= 15 is 0 Å². The average molecular weight is 425 g/mol. The Hall–Kier alpha value is -3.30. The molecule has 0 radical (unpaired) electrons. The van der Waals surface area contributed by atoms with Gasteiger partial charge in [0.15, 0.2) is 12.4 Å². The smallest absolute Gasteiger partial charge is 0.416 e. The lowest BCUT2D eigenvalue weighted by Gasteiger charge is -2.20. The zero-order valence-corrected chi connectivity index (χ0v) is 16.8. The number of methoxy groups -OCH3 is 1. The van der Waals surface area contributed by atoms with Gasteiger partial charge in [-0.25, -0.2) is 9.48 Å². The van der Waals surface area contributed by atoms with E-state index in [1.165, 1.54) is 30.3 Å². The summed E-state index contributed by atoms with van der Waals surface area (Å²) in [6.45, 7) is 7.53. The zero-order valence-electron chi connectivity index (χ0n) is 16.8. The molecular weight excluding hydrogens is 403 g/mol. The van der Waals surface area contributed by atoms with Crippen molar-refractivity contribution >= 4 is 11.9 Å². The van der Waals surface area contributed by atoms with Gasteiger partial charge in [0.25, 0.3) is 5.91 Å². The second-order valence-electron chi connectivity index (χ2n) is 6.48. The monoisotopic (exact) mass is 425 g/mol. The van der Waals surface area contributed by atoms with Gasteiger partial charge < -0.3 is 14.4 Å². The third-order valence-corrected chi connectivity index (χ3v) is 4.05. The summed E-state index contributed by atoms with van der Waals surface area (Å²) in [6.07, 6.45) is -3.27. The highest BCUT2D eigenvalue weighted by molar-refractivity contribution is 5.92. The van der Waals surface area contributed by atoms with Gasteiger partial charge in [0, 0.05) is 13.1 Å². The Labute approximate surface area is 171 Å². The number of hydrogen-bond acceptors (Lipinski definition) is 5. The molecule has 0 N–H and O–H groups in total. The molecule has 0 aliphatic carbocycles. The second kappa shape index (κ2) is 9.47. The fourth-order valence-corrected chi connectivity index (χ4v) is 2.59. The highest BCUT2D eigenvalue weighted by Gasteiger charge is 2.31. The number of amides is 1. The van der Waals surface area contributed by atoms with E-state index in [4.69, 9.17) is 9.47 Å². The SMILES string of the molecule is C=C(C)CN(CC)C(=O)COC(=O)c1nn(-c2cccc(C(F)(F)F)c2)cc1OC. The van der Waals surface area contributed by atoms with Gasteiger partial charge in [-0.2, -0.15) is 18.3 Å². The van der Waals surface area contributed by atoms with Crippen molar-refractivity contribution in [3.63, 3.8) is 0 Å². The van der Waals surface area contributed by atoms with Crippen molar-refractivity contribution in [2.75, 3.05) is 26.8 Å². The van der Waals surface area contributed by atoms with Gasteiger partial charge in [-0.05, 0) is 32.0 Å². The van der Waals surface area contributed by atoms with E-state index in [0.717, 1.165) is 22.4 Å². The van der Waals surface area contributed by atoms with E-state index in [1.807, 2.05) is 0 Å². The number of esters is 1. The molecule has 30 heavy (non-hydrogen) atoms. The molecule has 2 aromatic rings. The Bertz CT molecular complexity index is 938. The molecule has 0 atom stereocenters. The predicted octanol–water partition coefficient (Wildman–Crippen LogP) is 3.48. The first-order valence-corrected chi connectivity index (χ1v) is 8.97. The number of alkyl halides is 3. The number of aromatic nitrogens is 2. The lowest BCUT2D eigenvalue weighted by Crippen LogP contribution is -2.35. The number of hydrogen-bond donors (Lipinski definition) is 0. The largest absolute Gasteiger partial charge is 0.493 e. The summed E-state index contributed by atoms with van der Waals surface area (Å²) in [5, 5.41) is 3.98. The minimum atomic E-state index is -4.52. The topological polar surface area (TPSA) is 73.7 Å². The van der Waals surface area contributed by atoms with E-state index in [0.29, 0.717) is 13.1 Å². The van der Waals surface area contributed by atoms with E-state index in [9.17, 15) is 22.8 Å². The first-order valence-electron chi connectivity index (χ1n) is 8.97. The number of ether oxygens (including phenoxy) is 2. The van der Waals surface area contributed by atoms with Gasteiger partial charge in [-0.3, -0.25) is 4.79 Å². The summed E-state index contributed by atoms with van der Waals surface area (Å²) in [6, 6.07) is 4.44. The van der Waals surface area contributed by atoms with Gasteiger partial charge >= 0.3 is 12.1 Å². The number of benzene rings is 1. The predicted molar refractivity (Wildman–Crippen MR) is 102 cm³/mol. The van der Waals surface area contributed by atoms with Gasteiger partial charge in [0.05, 0.1) is 24.6 Å². The molecule has 10 heteroatoms. The van der Waals surface area contributed by atoms with Gasteiger partial charge in [0.1, 0.15) is 0 Å². The van der Waals surface area contributed by atoms with Crippen molar-refractivity contribution < 1.29 is 32.2 Å². The lowest BCUT2D eigenvalue weighted by atomic mass is 10.2. The van der Waals surface area contributed by atoms with E-state index < -0.39 is 30.2 Å². The van der Waals surface area contributed by atoms with Crippen LogP contribution in [0.1, 0.15) is 29.9 Å². The van der Waals surface area contributed by atoms with Crippen LogP contribution < -0.4 is 4.74 Å². The van der Waals surface area contributed by atoms with Crippen molar-refractivity contribution in [1.82, 2.24) is 14.7 Å². The van der Waals surface area contributed by atoms with Crippen LogP contribution in [0.15, 0.2) is 42.6 Å². The van der Waals surface area contributed by atoms with Crippen LogP contribution in [-0.4, -0.2) is 53.4 Å². The van der Waals surface area contributed by atoms with E-state index in [2.05, 4.69) is 11.7 Å². The van der Waals surface area contributed by atoms with Crippen LogP contribution in [0.5, 0.6) is 5.75 Å². The number of nitrogens with zero attached hydrogens (tertiary/aromatic N) is 3. The highest BCUT2D eigenvalue weighted by atomic mass is 19.4. The summed E-state index contributed by atoms with van der Waals surface area (Å²) in [5.41, 5.74) is -0.262. The standard InChI is InChI=1S/C20H22F3N3O4/c1-5-25(10-13(2)3)17(27)12-30-19(28)18-16(29-4)11-26(24-18)15-8-6-7-14(9-15)20(21,22)23/h6-9,11H,2,5,10,12H2,1,3-4H3. The number of likely N-dealkylation sites (N-methyl/N-ethyl adjacent to an activating group) is 1. The summed E-state index contributed by atoms with van der Waals surface area (Å²) in [7, 11) is 1.28. The summed E-state index contributed by atoms with van der Waals surface area (Å²) in [5.74, 6) is -1.35. The van der Waals surface area contributed by atoms with Crippen LogP contribution in [0.25, 0.3) is 5.69 Å². The third-order valence-electron chi connectivity index (χ3n) is 4.05. The molecule has 1 aromatic heterocycles. The van der Waals surface area contributed by atoms with Gasteiger partial charge in [0.2, 0.25) is 5.69 Å². The molecular formula is C20H22F3N3O4. The fourth-order valence-electron chi connectivity index (χ4n) is 2.59. The third kappa shape index (κ3) is 5.62. The van der Waals surface area contributed by atoms with Crippen LogP contribution in [-0.2, 0) is 15.7 Å². The molecule has 0 saturated carbocycles. The quantitative estimate of drug-likeness (QED) is 0.478. The van der Waals surface area contributed by atoms with Gasteiger partial charge in [-0.1, -0.05) is 18.2 Å². The number of halogens is 3. The Morgan fingerprint density at radius 2 is 2.00 bits per heavy atom. The average Bonchev–Trinajstić information content (AvgIpc) is 3.14. The fraction of sp³-hybridized carbons (Fsp3) is 0.350. The maximum atomic E-state index is 12.9. The maximum absolute atomic E-state index is 12.9. The molecule has 162 valence electrons. The molecule has 7 nitrogen and oxygen atoms in total. The Balaban J connectivity index is 2.19. The molecule has 1 amide bonds. The van der Waals surface area contributed by atoms with Crippen LogP contribution in [0.3, 0.4) is 0 Å². The second-order valence-corrected chi connectivity index (χ2v) is 6.48. The molecule has 0 unspecified atom stereocenters. The summed E-state index contributed by atoms with van der Waals surface area (Å²) >= 11 is 0. The minimum absolute atomic E-state index is 0.000792. The summed E-state index contributed by atoms with van der Waals surface area (Å²) < 4.78 is 50.0. The van der Waals surface area contributed by atoms with E-state index in [1.54, 1.807) is 13.8 Å². The van der Waals surface area contributed by atoms with Crippen molar-refractivity contribution in [2.24, 2.45) is 0 Å². The molecule has 1 heterocycles. The summed E-state index contributed by atoms with van der Waals surface area (Å²) in [4.78, 5) is 26.1. The Kier molecular flexibility index (Phi) is 7.25. The van der Waals surface area contributed by atoms with E-state index in [-0.39, 0.29) is 17.1 Å². The molecule has 0 saturated heterocycles. The number of carbonyl (C=O) groups excluding carboxylic acids is 2. The molecule has 0 spiro atoms. The molecule has 0 fully saturated rings. The van der Waals surface area contributed by atoms with Crippen LogP contribution in [0.2, 0.25) is 0 Å². The first-order chi connectivity index (χ1) is 14.1. The zero-order chi connectivity index (χ0) is 22.5. The number of carbonyl (C=O) groups is 2. The molecule has 0 aliphatic rings.